The average Bonchev–Trinajstić information content (AvgIpc) is 2.79. The fourth-order valence-corrected chi connectivity index (χ4v) is 5.38. The molecule has 10 heteroatoms. The van der Waals surface area contributed by atoms with Gasteiger partial charge in [0.05, 0.1) is 29.4 Å². The molecule has 1 atom stereocenters. The SMILES string of the molecule is O=c1c(Cl)c(NCC2CCCOC2)cnn1C1CCN(Sc2cc(Cl)ccc2O)CC1. The minimum Gasteiger partial charge on any atom is -0.507 e. The summed E-state index contributed by atoms with van der Waals surface area (Å²) >= 11 is 13.9. The lowest BCUT2D eigenvalue weighted by molar-refractivity contribution is 0.0595. The molecule has 0 spiro atoms. The zero-order valence-corrected chi connectivity index (χ0v) is 19.4. The number of aromatic hydroxyl groups is 1. The van der Waals surface area contributed by atoms with Crippen molar-refractivity contribution in [2.45, 2.75) is 36.6 Å². The van der Waals surface area contributed by atoms with Crippen molar-refractivity contribution in [2.75, 3.05) is 38.2 Å². The van der Waals surface area contributed by atoms with E-state index in [1.165, 1.54) is 16.6 Å². The molecule has 2 aliphatic heterocycles. The van der Waals surface area contributed by atoms with Gasteiger partial charge in [-0.2, -0.15) is 5.10 Å². The van der Waals surface area contributed by atoms with E-state index in [9.17, 15) is 9.90 Å². The predicted molar refractivity (Wildman–Crippen MR) is 124 cm³/mol. The molecule has 31 heavy (non-hydrogen) atoms. The Labute approximate surface area is 195 Å². The number of nitrogens with zero attached hydrogens (tertiary/aromatic N) is 3. The molecule has 2 N–H and O–H groups in total. The second-order valence-electron chi connectivity index (χ2n) is 7.95. The van der Waals surface area contributed by atoms with Crippen LogP contribution in [0.3, 0.4) is 0 Å². The van der Waals surface area contributed by atoms with E-state index < -0.39 is 0 Å². The Morgan fingerprint density at radius 3 is 2.81 bits per heavy atom. The van der Waals surface area contributed by atoms with Crippen LogP contribution in [0.15, 0.2) is 34.1 Å². The lowest BCUT2D eigenvalue weighted by atomic mass is 10.0. The smallest absolute Gasteiger partial charge is 0.287 e. The maximum absolute atomic E-state index is 12.8. The first kappa shape index (κ1) is 22.7. The Kier molecular flexibility index (Phi) is 7.66. The van der Waals surface area contributed by atoms with Crippen LogP contribution in [0.25, 0.3) is 0 Å². The quantitative estimate of drug-likeness (QED) is 0.586. The van der Waals surface area contributed by atoms with Gasteiger partial charge in [0.15, 0.2) is 0 Å². The summed E-state index contributed by atoms with van der Waals surface area (Å²) in [5, 5.41) is 18.5. The third kappa shape index (κ3) is 5.68. The van der Waals surface area contributed by atoms with Gasteiger partial charge in [-0.15, -0.1) is 0 Å². The molecule has 1 aromatic heterocycles. The molecular formula is C21H26Cl2N4O3S. The number of hydrogen-bond donors (Lipinski definition) is 2. The van der Waals surface area contributed by atoms with E-state index in [1.54, 1.807) is 24.4 Å². The number of halogens is 2. The van der Waals surface area contributed by atoms with E-state index in [0.29, 0.717) is 16.6 Å². The van der Waals surface area contributed by atoms with Crippen LogP contribution in [0.5, 0.6) is 5.75 Å². The number of benzene rings is 1. The molecule has 2 aliphatic rings. The molecule has 2 fully saturated rings. The molecule has 1 unspecified atom stereocenters. The average molecular weight is 485 g/mol. The van der Waals surface area contributed by atoms with Gasteiger partial charge in [0.2, 0.25) is 0 Å². The standard InChI is InChI=1S/C21H26Cl2N4O3S/c22-15-3-4-18(28)19(10-15)31-26-7-5-16(6-8-26)27-21(29)20(23)17(12-25-27)24-11-14-2-1-9-30-13-14/h3-4,10,12,14,16,24,28H,1-2,5-9,11,13H2. The molecule has 2 saturated heterocycles. The Bertz CT molecular complexity index is 960. The van der Waals surface area contributed by atoms with Crippen molar-refractivity contribution < 1.29 is 9.84 Å². The number of phenolic OH excluding ortho intramolecular Hbond substituents is 1. The number of phenols is 1. The van der Waals surface area contributed by atoms with Gasteiger partial charge in [0, 0.05) is 31.3 Å². The van der Waals surface area contributed by atoms with E-state index >= 15 is 0 Å². The summed E-state index contributed by atoms with van der Waals surface area (Å²) in [5.41, 5.74) is 0.322. The lowest BCUT2D eigenvalue weighted by Crippen LogP contribution is -2.36. The summed E-state index contributed by atoms with van der Waals surface area (Å²) in [7, 11) is 0. The Morgan fingerprint density at radius 2 is 2.06 bits per heavy atom. The van der Waals surface area contributed by atoms with Crippen LogP contribution in [0.1, 0.15) is 31.7 Å². The van der Waals surface area contributed by atoms with E-state index in [0.717, 1.165) is 63.4 Å². The molecule has 168 valence electrons. The predicted octanol–water partition coefficient (Wildman–Crippen LogP) is 4.44. The van der Waals surface area contributed by atoms with Crippen molar-refractivity contribution in [2.24, 2.45) is 5.92 Å². The Hall–Kier alpha value is -1.45. The van der Waals surface area contributed by atoms with Crippen molar-refractivity contribution in [3.05, 3.63) is 44.8 Å². The summed E-state index contributed by atoms with van der Waals surface area (Å²) in [6, 6.07) is 5.01. The largest absolute Gasteiger partial charge is 0.507 e. The maximum Gasteiger partial charge on any atom is 0.287 e. The van der Waals surface area contributed by atoms with Gasteiger partial charge < -0.3 is 15.2 Å². The number of ether oxygens (including phenoxy) is 1. The zero-order valence-electron chi connectivity index (χ0n) is 17.1. The minimum atomic E-state index is -0.259. The highest BCUT2D eigenvalue weighted by Crippen LogP contribution is 2.36. The van der Waals surface area contributed by atoms with Gasteiger partial charge >= 0.3 is 0 Å². The number of nitrogens with one attached hydrogen (secondary N) is 1. The van der Waals surface area contributed by atoms with Crippen LogP contribution in [0, 0.1) is 5.92 Å². The van der Waals surface area contributed by atoms with Crippen LogP contribution >= 0.6 is 35.1 Å². The zero-order chi connectivity index (χ0) is 21.8. The summed E-state index contributed by atoms with van der Waals surface area (Å²) < 4.78 is 9.17. The van der Waals surface area contributed by atoms with Gasteiger partial charge in [0.1, 0.15) is 10.8 Å². The number of aromatic nitrogens is 2. The van der Waals surface area contributed by atoms with E-state index in [2.05, 4.69) is 14.7 Å². The van der Waals surface area contributed by atoms with E-state index in [4.69, 9.17) is 27.9 Å². The van der Waals surface area contributed by atoms with Gasteiger partial charge in [0.25, 0.3) is 5.56 Å². The van der Waals surface area contributed by atoms with Crippen molar-refractivity contribution in [3.63, 3.8) is 0 Å². The van der Waals surface area contributed by atoms with Gasteiger partial charge in [-0.05, 0) is 61.7 Å². The maximum atomic E-state index is 12.8. The van der Waals surface area contributed by atoms with Crippen molar-refractivity contribution in [3.8, 4) is 5.75 Å². The molecule has 0 bridgehead atoms. The first-order valence-corrected chi connectivity index (χ1v) is 12.0. The highest BCUT2D eigenvalue weighted by atomic mass is 35.5. The summed E-state index contributed by atoms with van der Waals surface area (Å²) in [6.45, 7) is 3.80. The number of piperidine rings is 1. The van der Waals surface area contributed by atoms with Crippen LogP contribution in [-0.4, -0.2) is 52.0 Å². The molecular weight excluding hydrogens is 459 g/mol. The van der Waals surface area contributed by atoms with Crippen LogP contribution in [0.2, 0.25) is 10.0 Å². The van der Waals surface area contributed by atoms with Crippen molar-refractivity contribution in [1.82, 2.24) is 14.1 Å². The second-order valence-corrected chi connectivity index (χ2v) is 9.90. The highest BCUT2D eigenvalue weighted by molar-refractivity contribution is 7.97. The topological polar surface area (TPSA) is 79.6 Å². The van der Waals surface area contributed by atoms with Gasteiger partial charge in [-0.3, -0.25) is 4.79 Å². The Balaban J connectivity index is 1.35. The molecule has 0 amide bonds. The van der Waals surface area contributed by atoms with Crippen LogP contribution < -0.4 is 10.9 Å². The summed E-state index contributed by atoms with van der Waals surface area (Å²) in [5.74, 6) is 0.636. The molecule has 1 aromatic carbocycles. The number of hydrogen-bond acceptors (Lipinski definition) is 7. The van der Waals surface area contributed by atoms with Crippen molar-refractivity contribution >= 4 is 40.8 Å². The number of rotatable bonds is 6. The normalized spacial score (nSPS) is 20.6. The van der Waals surface area contributed by atoms with Gasteiger partial charge in [-0.1, -0.05) is 23.2 Å². The number of anilines is 1. The summed E-state index contributed by atoms with van der Waals surface area (Å²) in [6.07, 6.45) is 5.36. The van der Waals surface area contributed by atoms with Crippen molar-refractivity contribution in [1.29, 1.82) is 0 Å². The Morgan fingerprint density at radius 1 is 1.26 bits per heavy atom. The third-order valence-electron chi connectivity index (χ3n) is 5.70. The molecule has 0 aliphatic carbocycles. The second kappa shape index (κ2) is 10.4. The molecule has 0 saturated carbocycles. The molecule has 2 aromatic rings. The third-order valence-corrected chi connectivity index (χ3v) is 7.45. The van der Waals surface area contributed by atoms with Crippen LogP contribution in [-0.2, 0) is 4.74 Å². The fraction of sp³-hybridized carbons (Fsp3) is 0.524. The van der Waals surface area contributed by atoms with E-state index in [-0.39, 0.29) is 22.4 Å². The molecule has 0 radical (unpaired) electrons. The fourth-order valence-electron chi connectivity index (χ4n) is 3.93. The monoisotopic (exact) mass is 484 g/mol. The molecule has 3 heterocycles. The van der Waals surface area contributed by atoms with Crippen LogP contribution in [0.4, 0.5) is 5.69 Å². The highest BCUT2D eigenvalue weighted by Gasteiger charge is 2.25. The minimum absolute atomic E-state index is 0.00407. The first-order valence-electron chi connectivity index (χ1n) is 10.5. The molecule has 7 nitrogen and oxygen atoms in total. The molecule has 4 rings (SSSR count). The van der Waals surface area contributed by atoms with Gasteiger partial charge in [-0.25, -0.2) is 8.99 Å². The first-order chi connectivity index (χ1) is 15.0. The van der Waals surface area contributed by atoms with E-state index in [1.807, 2.05) is 0 Å². The summed E-state index contributed by atoms with van der Waals surface area (Å²) in [4.78, 5) is 13.6. The lowest BCUT2D eigenvalue weighted by Gasteiger charge is -2.31.